The molecule has 1 N–H and O–H groups in total. The second-order valence-electron chi connectivity index (χ2n) is 6.25. The Morgan fingerprint density at radius 2 is 1.92 bits per heavy atom. The lowest BCUT2D eigenvalue weighted by molar-refractivity contribution is 0.102. The summed E-state index contributed by atoms with van der Waals surface area (Å²) in [7, 11) is -3.10. The lowest BCUT2D eigenvalue weighted by Crippen LogP contribution is -2.12. The van der Waals surface area contributed by atoms with E-state index in [4.69, 9.17) is 0 Å². The zero-order valence-electron chi connectivity index (χ0n) is 13.8. The maximum atomic E-state index is 12.5. The molecule has 0 spiro atoms. The van der Waals surface area contributed by atoms with Gasteiger partial charge in [0.1, 0.15) is 11.1 Å². The fourth-order valence-electron chi connectivity index (χ4n) is 3.00. The highest BCUT2D eigenvalue weighted by atomic mass is 32.2. The van der Waals surface area contributed by atoms with E-state index in [0.29, 0.717) is 21.7 Å². The number of rotatable bonds is 4. The van der Waals surface area contributed by atoms with Gasteiger partial charge in [0, 0.05) is 16.7 Å². The number of carbonyl (C=O) groups excluding carboxylic acids is 1. The molecule has 0 fully saturated rings. The molecule has 7 heteroatoms. The van der Waals surface area contributed by atoms with Gasteiger partial charge in [0.05, 0.1) is 11.3 Å². The average molecular weight is 374 g/mol. The molecule has 0 atom stereocenters. The number of anilines is 1. The number of nitrogens with one attached hydrogen (secondary N) is 1. The SMILES string of the molecule is CS(=O)(=O)Cc1ccc(C(=O)Nc2sc3c(c2C#N)CCCC3)cc1. The summed E-state index contributed by atoms with van der Waals surface area (Å²) in [6.45, 7) is 0. The van der Waals surface area contributed by atoms with Crippen LogP contribution in [0.5, 0.6) is 0 Å². The van der Waals surface area contributed by atoms with E-state index in [0.717, 1.165) is 31.2 Å². The molecule has 1 aliphatic carbocycles. The number of nitrogens with zero attached hydrogens (tertiary/aromatic N) is 1. The van der Waals surface area contributed by atoms with Gasteiger partial charge in [-0.05, 0) is 48.9 Å². The van der Waals surface area contributed by atoms with Crippen LogP contribution in [0.1, 0.15) is 44.8 Å². The molecule has 1 amide bonds. The summed E-state index contributed by atoms with van der Waals surface area (Å²) in [5.41, 5.74) is 2.75. The first-order chi connectivity index (χ1) is 11.9. The fourth-order valence-corrected chi connectivity index (χ4v) is 5.04. The molecule has 25 heavy (non-hydrogen) atoms. The molecule has 3 rings (SSSR count). The van der Waals surface area contributed by atoms with E-state index in [1.165, 1.54) is 22.5 Å². The van der Waals surface area contributed by atoms with Crippen LogP contribution in [0.2, 0.25) is 0 Å². The van der Waals surface area contributed by atoms with Crippen LogP contribution in [0.15, 0.2) is 24.3 Å². The molecule has 0 radical (unpaired) electrons. The lowest BCUT2D eigenvalue weighted by atomic mass is 9.96. The van der Waals surface area contributed by atoms with Crippen molar-refractivity contribution < 1.29 is 13.2 Å². The van der Waals surface area contributed by atoms with E-state index in [9.17, 15) is 18.5 Å². The Morgan fingerprint density at radius 1 is 1.24 bits per heavy atom. The number of aryl methyl sites for hydroxylation is 1. The Kier molecular flexibility index (Phi) is 4.93. The van der Waals surface area contributed by atoms with Gasteiger partial charge in [-0.1, -0.05) is 12.1 Å². The van der Waals surface area contributed by atoms with Crippen LogP contribution in [0.25, 0.3) is 0 Å². The fraction of sp³-hybridized carbons (Fsp3) is 0.333. The number of benzene rings is 1. The summed E-state index contributed by atoms with van der Waals surface area (Å²) >= 11 is 1.49. The third kappa shape index (κ3) is 4.09. The smallest absolute Gasteiger partial charge is 0.256 e. The minimum atomic E-state index is -3.10. The molecule has 1 heterocycles. The summed E-state index contributed by atoms with van der Waals surface area (Å²) in [6.07, 6.45) is 5.23. The lowest BCUT2D eigenvalue weighted by Gasteiger charge is -2.09. The Balaban J connectivity index is 1.79. The minimum absolute atomic E-state index is 0.0505. The summed E-state index contributed by atoms with van der Waals surface area (Å²) in [5.74, 6) is -0.341. The topological polar surface area (TPSA) is 87.0 Å². The minimum Gasteiger partial charge on any atom is -0.312 e. The van der Waals surface area contributed by atoms with E-state index in [1.54, 1.807) is 24.3 Å². The number of thiophene rings is 1. The second kappa shape index (κ2) is 6.98. The van der Waals surface area contributed by atoms with Crippen molar-refractivity contribution >= 4 is 32.1 Å². The van der Waals surface area contributed by atoms with Gasteiger partial charge in [-0.25, -0.2) is 8.42 Å². The van der Waals surface area contributed by atoms with Crippen LogP contribution in [-0.2, 0) is 28.4 Å². The van der Waals surface area contributed by atoms with Gasteiger partial charge in [-0.15, -0.1) is 11.3 Å². The van der Waals surface area contributed by atoms with E-state index >= 15 is 0 Å². The van der Waals surface area contributed by atoms with Gasteiger partial charge in [0.25, 0.3) is 5.91 Å². The molecule has 1 aliphatic rings. The van der Waals surface area contributed by atoms with E-state index in [1.807, 2.05) is 0 Å². The number of sulfone groups is 1. The molecule has 0 saturated heterocycles. The van der Waals surface area contributed by atoms with Crippen LogP contribution in [0, 0.1) is 11.3 Å². The molecule has 0 saturated carbocycles. The van der Waals surface area contributed by atoms with Crippen LogP contribution >= 0.6 is 11.3 Å². The molecular weight excluding hydrogens is 356 g/mol. The van der Waals surface area contributed by atoms with Gasteiger partial charge < -0.3 is 5.32 Å². The first kappa shape index (κ1) is 17.6. The number of hydrogen-bond donors (Lipinski definition) is 1. The zero-order chi connectivity index (χ0) is 18.0. The van der Waals surface area contributed by atoms with Crippen molar-refractivity contribution in [2.75, 3.05) is 11.6 Å². The Morgan fingerprint density at radius 3 is 2.56 bits per heavy atom. The normalized spacial score (nSPS) is 13.8. The standard InChI is InChI=1S/C18H18N2O3S2/c1-25(22,23)11-12-6-8-13(9-7-12)17(21)20-18-15(10-19)14-4-2-3-5-16(14)24-18/h6-9H,2-5,11H2,1H3,(H,20,21). The average Bonchev–Trinajstić information content (AvgIpc) is 2.90. The Labute approximate surface area is 151 Å². The number of nitriles is 1. The van der Waals surface area contributed by atoms with Crippen molar-refractivity contribution in [2.45, 2.75) is 31.4 Å². The molecule has 1 aromatic carbocycles. The molecule has 5 nitrogen and oxygen atoms in total. The van der Waals surface area contributed by atoms with E-state index < -0.39 is 9.84 Å². The van der Waals surface area contributed by atoms with Crippen LogP contribution in [-0.4, -0.2) is 20.6 Å². The molecule has 2 aromatic rings. The molecular formula is C18H18N2O3S2. The largest absolute Gasteiger partial charge is 0.312 e. The number of amides is 1. The maximum Gasteiger partial charge on any atom is 0.256 e. The highest BCUT2D eigenvalue weighted by Gasteiger charge is 2.22. The summed E-state index contributed by atoms with van der Waals surface area (Å²) < 4.78 is 22.6. The summed E-state index contributed by atoms with van der Waals surface area (Å²) in [4.78, 5) is 13.7. The monoisotopic (exact) mass is 374 g/mol. The molecule has 1 aromatic heterocycles. The first-order valence-electron chi connectivity index (χ1n) is 8.00. The van der Waals surface area contributed by atoms with Crippen molar-refractivity contribution in [1.82, 2.24) is 0 Å². The van der Waals surface area contributed by atoms with Crippen LogP contribution in [0.4, 0.5) is 5.00 Å². The number of hydrogen-bond acceptors (Lipinski definition) is 5. The molecule has 0 aliphatic heterocycles. The predicted molar refractivity (Wildman–Crippen MR) is 98.6 cm³/mol. The zero-order valence-corrected chi connectivity index (χ0v) is 15.5. The van der Waals surface area contributed by atoms with Gasteiger partial charge in [0.2, 0.25) is 0 Å². The van der Waals surface area contributed by atoms with Crippen molar-refractivity contribution in [3.05, 3.63) is 51.4 Å². The second-order valence-corrected chi connectivity index (χ2v) is 9.49. The van der Waals surface area contributed by atoms with Gasteiger partial charge in [0.15, 0.2) is 9.84 Å². The highest BCUT2D eigenvalue weighted by molar-refractivity contribution is 7.89. The maximum absolute atomic E-state index is 12.5. The molecule has 130 valence electrons. The molecule has 0 bridgehead atoms. The quantitative estimate of drug-likeness (QED) is 0.889. The summed E-state index contributed by atoms with van der Waals surface area (Å²) in [5, 5.41) is 12.9. The van der Waals surface area contributed by atoms with Gasteiger partial charge in [-0.3, -0.25) is 4.79 Å². The Hall–Kier alpha value is -2.17. The van der Waals surface area contributed by atoms with Crippen molar-refractivity contribution in [3.8, 4) is 6.07 Å². The van der Waals surface area contributed by atoms with Crippen LogP contribution in [0.3, 0.4) is 0 Å². The predicted octanol–water partition coefficient (Wildman–Crippen LogP) is 3.30. The number of fused-ring (bicyclic) bond motifs is 1. The Bertz CT molecular complexity index is 951. The van der Waals surface area contributed by atoms with E-state index in [-0.39, 0.29) is 11.7 Å². The third-order valence-corrected chi connectivity index (χ3v) is 6.22. The molecule has 0 unspecified atom stereocenters. The van der Waals surface area contributed by atoms with E-state index in [2.05, 4.69) is 11.4 Å². The number of carbonyl (C=O) groups is 1. The van der Waals surface area contributed by atoms with Crippen molar-refractivity contribution in [1.29, 1.82) is 5.26 Å². The highest BCUT2D eigenvalue weighted by Crippen LogP contribution is 2.37. The third-order valence-electron chi connectivity index (χ3n) is 4.16. The van der Waals surface area contributed by atoms with Crippen molar-refractivity contribution in [2.24, 2.45) is 0 Å². The van der Waals surface area contributed by atoms with Crippen molar-refractivity contribution in [3.63, 3.8) is 0 Å². The van der Waals surface area contributed by atoms with Crippen LogP contribution < -0.4 is 5.32 Å². The summed E-state index contributed by atoms with van der Waals surface area (Å²) in [6, 6.07) is 8.72. The van der Waals surface area contributed by atoms with Gasteiger partial charge >= 0.3 is 0 Å². The van der Waals surface area contributed by atoms with Gasteiger partial charge in [-0.2, -0.15) is 5.26 Å². The first-order valence-corrected chi connectivity index (χ1v) is 10.9.